The second-order valence-electron chi connectivity index (χ2n) is 5.05. The fraction of sp³-hybridized carbons (Fsp3) is 0.727. The van der Waals surface area contributed by atoms with Gasteiger partial charge in [-0.15, -0.1) is 0 Å². The van der Waals surface area contributed by atoms with E-state index in [1.807, 2.05) is 6.92 Å². The third kappa shape index (κ3) is 6.76. The second-order valence-corrected chi connectivity index (χ2v) is 10.6. The number of hydrogen-bond donors (Lipinski definition) is 0. The van der Waals surface area contributed by atoms with Crippen LogP contribution < -0.4 is 0 Å². The zero-order chi connectivity index (χ0) is 10.5. The first-order valence-corrected chi connectivity index (χ1v) is 8.69. The van der Waals surface area contributed by atoms with Crippen LogP contribution in [0.15, 0.2) is 12.2 Å². The molecule has 0 bridgehead atoms. The van der Waals surface area contributed by atoms with E-state index in [-0.39, 0.29) is 5.92 Å². The van der Waals surface area contributed by atoms with Gasteiger partial charge in [0.05, 0.1) is 0 Å². The number of aldehydes is 1. The van der Waals surface area contributed by atoms with Gasteiger partial charge in [-0.1, -0.05) is 45.6 Å². The fourth-order valence-corrected chi connectivity index (χ4v) is 1.78. The van der Waals surface area contributed by atoms with Gasteiger partial charge in [0, 0.05) is 14.0 Å². The normalized spacial score (nSPS) is 17.3. The molecule has 0 aliphatic rings. The molecule has 0 radical (unpaired) electrons. The number of carbonyl (C=O) groups excluding carboxylic acids is 1. The summed E-state index contributed by atoms with van der Waals surface area (Å²) in [6.07, 6.45) is 5.46. The SMILES string of the molecule is C[C@H](C=O)[C@H](C)/C=C/C[Si](C)(C)C. The van der Waals surface area contributed by atoms with E-state index in [1.54, 1.807) is 0 Å². The summed E-state index contributed by atoms with van der Waals surface area (Å²) in [6, 6.07) is 1.21. The van der Waals surface area contributed by atoms with Crippen LogP contribution in [0.2, 0.25) is 25.7 Å². The summed E-state index contributed by atoms with van der Waals surface area (Å²) in [5.41, 5.74) is 0. The lowest BCUT2D eigenvalue weighted by molar-refractivity contribution is -0.111. The molecule has 0 fully saturated rings. The van der Waals surface area contributed by atoms with Gasteiger partial charge < -0.3 is 4.79 Å². The van der Waals surface area contributed by atoms with Crippen molar-refractivity contribution in [2.45, 2.75) is 39.5 Å². The van der Waals surface area contributed by atoms with E-state index in [4.69, 9.17) is 0 Å². The van der Waals surface area contributed by atoms with Crippen LogP contribution in [0.3, 0.4) is 0 Å². The second kappa shape index (κ2) is 5.38. The topological polar surface area (TPSA) is 17.1 Å². The molecule has 0 aromatic carbocycles. The Balaban J connectivity index is 3.91. The van der Waals surface area contributed by atoms with Gasteiger partial charge in [-0.2, -0.15) is 0 Å². The standard InChI is InChI=1S/C11H22OSi/c1-10(11(2)9-12)7-6-8-13(3,4)5/h6-7,9-11H,8H2,1-5H3/b7-6+/t10-,11-/m1/s1. The Labute approximate surface area is 83.2 Å². The largest absolute Gasteiger partial charge is 0.303 e. The number of hydrogen-bond acceptors (Lipinski definition) is 1. The van der Waals surface area contributed by atoms with E-state index in [0.717, 1.165) is 6.29 Å². The Morgan fingerprint density at radius 1 is 1.15 bits per heavy atom. The average Bonchev–Trinajstić information content (AvgIpc) is 2.00. The molecule has 0 aliphatic heterocycles. The minimum atomic E-state index is -0.944. The van der Waals surface area contributed by atoms with Gasteiger partial charge in [0.2, 0.25) is 0 Å². The summed E-state index contributed by atoms with van der Waals surface area (Å²) in [6.45, 7) is 11.1. The van der Waals surface area contributed by atoms with Gasteiger partial charge in [-0.05, 0) is 12.0 Å². The van der Waals surface area contributed by atoms with E-state index in [9.17, 15) is 4.79 Å². The van der Waals surface area contributed by atoms with Gasteiger partial charge >= 0.3 is 0 Å². The maximum absolute atomic E-state index is 10.5. The lowest BCUT2D eigenvalue weighted by Gasteiger charge is -2.13. The molecule has 0 aromatic heterocycles. The predicted octanol–water partition coefficient (Wildman–Crippen LogP) is 3.35. The molecule has 2 atom stereocenters. The third-order valence-corrected chi connectivity index (χ3v) is 3.67. The molecule has 0 heterocycles. The van der Waals surface area contributed by atoms with E-state index in [2.05, 4.69) is 38.7 Å². The van der Waals surface area contributed by atoms with Crippen LogP contribution in [-0.4, -0.2) is 14.4 Å². The van der Waals surface area contributed by atoms with Crippen LogP contribution in [-0.2, 0) is 4.79 Å². The Hall–Kier alpha value is -0.373. The molecule has 0 unspecified atom stereocenters. The molecular formula is C11H22OSi. The van der Waals surface area contributed by atoms with Gasteiger partial charge in [0.25, 0.3) is 0 Å². The van der Waals surface area contributed by atoms with Crippen LogP contribution in [0.4, 0.5) is 0 Å². The zero-order valence-electron chi connectivity index (χ0n) is 9.50. The smallest absolute Gasteiger partial charge is 0.123 e. The molecule has 0 amide bonds. The molecule has 76 valence electrons. The van der Waals surface area contributed by atoms with E-state index < -0.39 is 8.07 Å². The van der Waals surface area contributed by atoms with Gasteiger partial charge in [0.15, 0.2) is 0 Å². The lowest BCUT2D eigenvalue weighted by Crippen LogP contribution is -2.17. The minimum absolute atomic E-state index is 0.151. The van der Waals surface area contributed by atoms with Crippen molar-refractivity contribution in [2.24, 2.45) is 11.8 Å². The van der Waals surface area contributed by atoms with Crippen LogP contribution in [0, 0.1) is 11.8 Å². The van der Waals surface area contributed by atoms with E-state index >= 15 is 0 Å². The molecule has 0 saturated carbocycles. The molecular weight excluding hydrogens is 176 g/mol. The van der Waals surface area contributed by atoms with Crippen molar-refractivity contribution in [2.75, 3.05) is 0 Å². The molecule has 0 spiro atoms. The van der Waals surface area contributed by atoms with Crippen LogP contribution >= 0.6 is 0 Å². The first-order chi connectivity index (χ1) is 5.87. The Morgan fingerprint density at radius 2 is 1.69 bits per heavy atom. The molecule has 0 saturated heterocycles. The molecule has 0 rings (SSSR count). The summed E-state index contributed by atoms with van der Waals surface area (Å²) in [5, 5.41) is 0. The molecule has 0 N–H and O–H groups in total. The first-order valence-electron chi connectivity index (χ1n) is 4.99. The van der Waals surface area contributed by atoms with Crippen molar-refractivity contribution in [3.8, 4) is 0 Å². The number of allylic oxidation sites excluding steroid dienone is 2. The lowest BCUT2D eigenvalue weighted by atomic mass is 9.97. The van der Waals surface area contributed by atoms with Crippen LogP contribution in [0.1, 0.15) is 13.8 Å². The van der Waals surface area contributed by atoms with Gasteiger partial charge in [0.1, 0.15) is 6.29 Å². The van der Waals surface area contributed by atoms with Gasteiger partial charge in [-0.25, -0.2) is 0 Å². The molecule has 0 aliphatic carbocycles. The highest BCUT2D eigenvalue weighted by molar-refractivity contribution is 6.76. The molecule has 0 aromatic rings. The minimum Gasteiger partial charge on any atom is -0.303 e. The third-order valence-electron chi connectivity index (χ3n) is 2.21. The summed E-state index contributed by atoms with van der Waals surface area (Å²) in [4.78, 5) is 10.5. The van der Waals surface area contributed by atoms with Crippen molar-refractivity contribution in [3.05, 3.63) is 12.2 Å². The summed E-state index contributed by atoms with van der Waals surface area (Å²) >= 11 is 0. The van der Waals surface area contributed by atoms with Crippen molar-refractivity contribution in [1.29, 1.82) is 0 Å². The fourth-order valence-electron chi connectivity index (χ4n) is 0.935. The molecule has 13 heavy (non-hydrogen) atoms. The maximum Gasteiger partial charge on any atom is 0.123 e. The Kier molecular flexibility index (Phi) is 5.22. The van der Waals surface area contributed by atoms with Crippen molar-refractivity contribution in [3.63, 3.8) is 0 Å². The monoisotopic (exact) mass is 198 g/mol. The summed E-state index contributed by atoms with van der Waals surface area (Å²) < 4.78 is 0. The van der Waals surface area contributed by atoms with E-state index in [1.165, 1.54) is 6.04 Å². The van der Waals surface area contributed by atoms with Crippen molar-refractivity contribution >= 4 is 14.4 Å². The van der Waals surface area contributed by atoms with E-state index in [0.29, 0.717) is 5.92 Å². The highest BCUT2D eigenvalue weighted by atomic mass is 28.3. The molecule has 1 nitrogen and oxygen atoms in total. The number of rotatable bonds is 5. The van der Waals surface area contributed by atoms with Crippen molar-refractivity contribution < 1.29 is 4.79 Å². The molecule has 2 heteroatoms. The highest BCUT2D eigenvalue weighted by Crippen LogP contribution is 2.13. The first kappa shape index (κ1) is 12.6. The summed E-state index contributed by atoms with van der Waals surface area (Å²) in [5.74, 6) is 0.534. The van der Waals surface area contributed by atoms with Crippen molar-refractivity contribution in [1.82, 2.24) is 0 Å². The van der Waals surface area contributed by atoms with Crippen LogP contribution in [0.25, 0.3) is 0 Å². The predicted molar refractivity (Wildman–Crippen MR) is 61.7 cm³/mol. The van der Waals surface area contributed by atoms with Crippen LogP contribution in [0.5, 0.6) is 0 Å². The number of carbonyl (C=O) groups is 1. The quantitative estimate of drug-likeness (QED) is 0.376. The zero-order valence-corrected chi connectivity index (χ0v) is 10.5. The highest BCUT2D eigenvalue weighted by Gasteiger charge is 2.11. The average molecular weight is 198 g/mol. The summed E-state index contributed by atoms with van der Waals surface area (Å²) in [7, 11) is -0.944. The Morgan fingerprint density at radius 3 is 2.08 bits per heavy atom. The van der Waals surface area contributed by atoms with Gasteiger partial charge in [-0.3, -0.25) is 0 Å². The maximum atomic E-state index is 10.5. The Bertz CT molecular complexity index is 179.